The molecule has 2 aromatic rings. The van der Waals surface area contributed by atoms with E-state index in [0.29, 0.717) is 17.6 Å². The predicted octanol–water partition coefficient (Wildman–Crippen LogP) is 4.81. The van der Waals surface area contributed by atoms with Crippen LogP contribution in [0.25, 0.3) is 0 Å². The quantitative estimate of drug-likeness (QED) is 0.800. The Hall–Kier alpha value is -2.01. The topological polar surface area (TPSA) is 56.3 Å². The first-order chi connectivity index (χ1) is 12.2. The van der Waals surface area contributed by atoms with Crippen LogP contribution in [0.2, 0.25) is 5.15 Å². The number of rotatable bonds is 6. The Morgan fingerprint density at radius 3 is 2.60 bits per heavy atom. The highest BCUT2D eigenvalue weighted by Crippen LogP contribution is 2.36. The van der Waals surface area contributed by atoms with Gasteiger partial charge in [0.15, 0.2) is 5.15 Å². The maximum Gasteiger partial charge on any atom is 0.155 e. The second-order valence-electron chi connectivity index (χ2n) is 6.34. The minimum Gasteiger partial charge on any atom is -0.497 e. The molecular weight excluding hydrogens is 338 g/mol. The number of hydrogen-bond donors (Lipinski definition) is 1. The Morgan fingerprint density at radius 2 is 1.88 bits per heavy atom. The van der Waals surface area contributed by atoms with Crippen molar-refractivity contribution in [3.63, 3.8) is 0 Å². The minimum absolute atomic E-state index is 0.493. The van der Waals surface area contributed by atoms with Gasteiger partial charge in [0.1, 0.15) is 17.3 Å². The van der Waals surface area contributed by atoms with Crippen molar-refractivity contribution in [3.8, 4) is 11.5 Å². The van der Waals surface area contributed by atoms with Gasteiger partial charge in [-0.25, -0.2) is 0 Å². The standard InChI is InChI=1S/C19H24ClN3O2/c1-24-15-9-8-14(17(10-15)25-2)12-21-18-11-16(19(20)23-22-18)13-6-4-3-5-7-13/h8-11,13H,3-7,12H2,1-2H3,(H,21,22). The van der Waals surface area contributed by atoms with Gasteiger partial charge in [0.25, 0.3) is 0 Å². The molecule has 1 aromatic carbocycles. The zero-order valence-corrected chi connectivity index (χ0v) is 15.5. The van der Waals surface area contributed by atoms with Crippen LogP contribution in [-0.4, -0.2) is 24.4 Å². The van der Waals surface area contributed by atoms with Gasteiger partial charge in [0.2, 0.25) is 0 Å². The highest BCUT2D eigenvalue weighted by Gasteiger charge is 2.19. The van der Waals surface area contributed by atoms with E-state index in [1.165, 1.54) is 32.1 Å². The first-order valence-electron chi connectivity index (χ1n) is 8.69. The first-order valence-corrected chi connectivity index (χ1v) is 9.07. The lowest BCUT2D eigenvalue weighted by molar-refractivity contribution is 0.391. The predicted molar refractivity (Wildman–Crippen MR) is 99.7 cm³/mol. The average Bonchev–Trinajstić information content (AvgIpc) is 2.68. The van der Waals surface area contributed by atoms with E-state index in [1.807, 2.05) is 24.3 Å². The molecule has 0 saturated heterocycles. The van der Waals surface area contributed by atoms with Crippen molar-refractivity contribution in [2.45, 2.75) is 44.6 Å². The Balaban J connectivity index is 1.73. The molecule has 0 aliphatic heterocycles. The van der Waals surface area contributed by atoms with Crippen LogP contribution in [0.3, 0.4) is 0 Å². The van der Waals surface area contributed by atoms with E-state index in [-0.39, 0.29) is 0 Å². The molecule has 0 spiro atoms. The molecule has 25 heavy (non-hydrogen) atoms. The molecule has 1 saturated carbocycles. The second kappa shape index (κ2) is 8.39. The molecule has 0 unspecified atom stereocenters. The molecule has 1 aliphatic rings. The summed E-state index contributed by atoms with van der Waals surface area (Å²) in [5.74, 6) is 2.78. The van der Waals surface area contributed by atoms with Gasteiger partial charge >= 0.3 is 0 Å². The summed E-state index contributed by atoms with van der Waals surface area (Å²) in [4.78, 5) is 0. The smallest absolute Gasteiger partial charge is 0.155 e. The lowest BCUT2D eigenvalue weighted by atomic mass is 9.85. The summed E-state index contributed by atoms with van der Waals surface area (Å²) in [6.45, 7) is 0.591. The molecule has 5 nitrogen and oxygen atoms in total. The molecule has 1 aliphatic carbocycles. The van der Waals surface area contributed by atoms with E-state index in [9.17, 15) is 0 Å². The van der Waals surface area contributed by atoms with Gasteiger partial charge in [-0.1, -0.05) is 30.9 Å². The van der Waals surface area contributed by atoms with Gasteiger partial charge < -0.3 is 14.8 Å². The fourth-order valence-electron chi connectivity index (χ4n) is 3.36. The zero-order chi connectivity index (χ0) is 17.6. The van der Waals surface area contributed by atoms with Gasteiger partial charge in [-0.15, -0.1) is 10.2 Å². The number of anilines is 1. The highest BCUT2D eigenvalue weighted by atomic mass is 35.5. The van der Waals surface area contributed by atoms with Crippen LogP contribution >= 0.6 is 11.6 Å². The van der Waals surface area contributed by atoms with Crippen LogP contribution in [0.15, 0.2) is 24.3 Å². The van der Waals surface area contributed by atoms with Crippen molar-refractivity contribution in [2.24, 2.45) is 0 Å². The molecule has 1 N–H and O–H groups in total. The van der Waals surface area contributed by atoms with Gasteiger partial charge in [0.05, 0.1) is 14.2 Å². The molecule has 1 heterocycles. The van der Waals surface area contributed by atoms with Crippen LogP contribution in [0.5, 0.6) is 11.5 Å². The number of ether oxygens (including phenoxy) is 2. The van der Waals surface area contributed by atoms with Crippen molar-refractivity contribution in [3.05, 3.63) is 40.5 Å². The maximum absolute atomic E-state index is 6.29. The average molecular weight is 362 g/mol. The summed E-state index contributed by atoms with van der Waals surface area (Å²) < 4.78 is 10.7. The third-order valence-corrected chi connectivity index (χ3v) is 5.07. The Labute approximate surface area is 153 Å². The third-order valence-electron chi connectivity index (χ3n) is 4.78. The molecule has 1 fully saturated rings. The lowest BCUT2D eigenvalue weighted by Gasteiger charge is -2.22. The number of methoxy groups -OCH3 is 2. The van der Waals surface area contributed by atoms with Gasteiger partial charge in [-0.05, 0) is 42.5 Å². The number of halogens is 1. The van der Waals surface area contributed by atoms with Crippen molar-refractivity contribution >= 4 is 17.4 Å². The van der Waals surface area contributed by atoms with E-state index in [0.717, 1.165) is 28.4 Å². The molecular formula is C19H24ClN3O2. The van der Waals surface area contributed by atoms with Crippen LogP contribution in [-0.2, 0) is 6.54 Å². The van der Waals surface area contributed by atoms with Gasteiger partial charge in [-0.3, -0.25) is 0 Å². The molecule has 0 amide bonds. The first kappa shape index (κ1) is 17.8. The second-order valence-corrected chi connectivity index (χ2v) is 6.70. The van der Waals surface area contributed by atoms with E-state index in [2.05, 4.69) is 15.5 Å². The molecule has 3 rings (SSSR count). The fourth-order valence-corrected chi connectivity index (χ4v) is 3.61. The van der Waals surface area contributed by atoms with Gasteiger partial charge in [0, 0.05) is 18.2 Å². The molecule has 134 valence electrons. The molecule has 0 bridgehead atoms. The van der Waals surface area contributed by atoms with E-state index < -0.39 is 0 Å². The minimum atomic E-state index is 0.493. The molecule has 0 atom stereocenters. The summed E-state index contributed by atoms with van der Waals surface area (Å²) in [5.41, 5.74) is 2.14. The van der Waals surface area contributed by atoms with Crippen LogP contribution in [0.4, 0.5) is 5.82 Å². The third kappa shape index (κ3) is 4.34. The van der Waals surface area contributed by atoms with Gasteiger partial charge in [-0.2, -0.15) is 0 Å². The van der Waals surface area contributed by atoms with E-state index in [1.54, 1.807) is 14.2 Å². The number of hydrogen-bond acceptors (Lipinski definition) is 5. The van der Waals surface area contributed by atoms with E-state index >= 15 is 0 Å². The summed E-state index contributed by atoms with van der Waals surface area (Å²) >= 11 is 6.29. The van der Waals surface area contributed by atoms with E-state index in [4.69, 9.17) is 21.1 Å². The molecule has 1 aromatic heterocycles. The summed E-state index contributed by atoms with van der Waals surface area (Å²) in [6, 6.07) is 7.82. The summed E-state index contributed by atoms with van der Waals surface area (Å²) in [7, 11) is 3.30. The Morgan fingerprint density at radius 1 is 1.08 bits per heavy atom. The lowest BCUT2D eigenvalue weighted by Crippen LogP contribution is -2.09. The summed E-state index contributed by atoms with van der Waals surface area (Å²) in [6.07, 6.45) is 6.19. The largest absolute Gasteiger partial charge is 0.497 e. The van der Waals surface area contributed by atoms with Crippen molar-refractivity contribution in [1.82, 2.24) is 10.2 Å². The SMILES string of the molecule is COc1ccc(CNc2cc(C3CCCCC3)c(Cl)nn2)c(OC)c1. The van der Waals surface area contributed by atoms with Crippen molar-refractivity contribution in [2.75, 3.05) is 19.5 Å². The monoisotopic (exact) mass is 361 g/mol. The molecule has 6 heteroatoms. The van der Waals surface area contributed by atoms with Crippen LogP contribution < -0.4 is 14.8 Å². The number of nitrogens with zero attached hydrogens (tertiary/aromatic N) is 2. The number of aromatic nitrogens is 2. The molecule has 0 radical (unpaired) electrons. The Kier molecular flexibility index (Phi) is 5.97. The van der Waals surface area contributed by atoms with Crippen molar-refractivity contribution in [1.29, 1.82) is 0 Å². The summed E-state index contributed by atoms with van der Waals surface area (Å²) in [5, 5.41) is 12.2. The zero-order valence-electron chi connectivity index (χ0n) is 14.7. The van der Waals surface area contributed by atoms with Crippen LogP contribution in [0, 0.1) is 0 Å². The normalized spacial score (nSPS) is 15.0. The fraction of sp³-hybridized carbons (Fsp3) is 0.474. The number of benzene rings is 1. The van der Waals surface area contributed by atoms with Crippen molar-refractivity contribution < 1.29 is 9.47 Å². The highest BCUT2D eigenvalue weighted by molar-refractivity contribution is 6.30. The van der Waals surface area contributed by atoms with Crippen LogP contribution in [0.1, 0.15) is 49.1 Å². The maximum atomic E-state index is 6.29. The Bertz CT molecular complexity index is 718. The number of nitrogens with one attached hydrogen (secondary N) is 1.